The van der Waals surface area contributed by atoms with E-state index in [1.807, 2.05) is 0 Å². The van der Waals surface area contributed by atoms with Gasteiger partial charge in [0.25, 0.3) is 0 Å². The van der Waals surface area contributed by atoms with Crippen molar-refractivity contribution in [1.29, 1.82) is 0 Å². The van der Waals surface area contributed by atoms with E-state index >= 15 is 0 Å². The van der Waals surface area contributed by atoms with E-state index in [0.29, 0.717) is 13.0 Å². The van der Waals surface area contributed by atoms with Crippen LogP contribution in [0.5, 0.6) is 0 Å². The summed E-state index contributed by atoms with van der Waals surface area (Å²) < 4.78 is 0. The monoisotopic (exact) mass is 140 g/mol. The number of hydrogen-bond donors (Lipinski definition) is 2. The smallest absolute Gasteiger partial charge is 0.237 e. The third-order valence-electron chi connectivity index (χ3n) is 0.804. The summed E-state index contributed by atoms with van der Waals surface area (Å²) >= 11 is 0. The highest BCUT2D eigenvalue weighted by molar-refractivity contribution is 5.76. The lowest BCUT2D eigenvalue weighted by Crippen LogP contribution is -2.36. The predicted octanol–water partition coefficient (Wildman–Crippen LogP) is 0.369. The standard InChI is InChI=1S/C7H12N2O/c1-3-5-7(10)9-8-6-4-2/h3-4,8H,1-2,5-6H2,(H,9,10). The van der Waals surface area contributed by atoms with Crippen LogP contribution in [-0.4, -0.2) is 12.5 Å². The van der Waals surface area contributed by atoms with Crippen molar-refractivity contribution >= 4 is 5.91 Å². The molecule has 0 aromatic heterocycles. The van der Waals surface area contributed by atoms with E-state index in [0.717, 1.165) is 0 Å². The Morgan fingerprint density at radius 2 is 2.10 bits per heavy atom. The number of rotatable bonds is 5. The van der Waals surface area contributed by atoms with E-state index in [1.54, 1.807) is 12.2 Å². The minimum atomic E-state index is -0.0862. The molecular weight excluding hydrogens is 128 g/mol. The van der Waals surface area contributed by atoms with E-state index in [4.69, 9.17) is 0 Å². The summed E-state index contributed by atoms with van der Waals surface area (Å²) in [4.78, 5) is 10.6. The van der Waals surface area contributed by atoms with Crippen LogP contribution in [0.2, 0.25) is 0 Å². The van der Waals surface area contributed by atoms with Gasteiger partial charge >= 0.3 is 0 Å². The van der Waals surface area contributed by atoms with Crippen LogP contribution in [0.3, 0.4) is 0 Å². The first-order valence-electron chi connectivity index (χ1n) is 3.04. The van der Waals surface area contributed by atoms with Gasteiger partial charge in [0.15, 0.2) is 0 Å². The number of hydrazine groups is 1. The molecule has 0 fully saturated rings. The van der Waals surface area contributed by atoms with Crippen LogP contribution in [-0.2, 0) is 4.79 Å². The molecule has 2 N–H and O–H groups in total. The van der Waals surface area contributed by atoms with E-state index in [1.165, 1.54) is 0 Å². The van der Waals surface area contributed by atoms with Crippen LogP contribution in [0.25, 0.3) is 0 Å². The first-order valence-corrected chi connectivity index (χ1v) is 3.04. The lowest BCUT2D eigenvalue weighted by atomic mass is 10.4. The van der Waals surface area contributed by atoms with Crippen molar-refractivity contribution in [1.82, 2.24) is 10.9 Å². The topological polar surface area (TPSA) is 41.1 Å². The molecule has 0 saturated heterocycles. The minimum Gasteiger partial charge on any atom is -0.291 e. The molecule has 0 heterocycles. The maximum atomic E-state index is 10.6. The largest absolute Gasteiger partial charge is 0.291 e. The molecule has 3 heteroatoms. The number of hydrogen-bond acceptors (Lipinski definition) is 2. The molecule has 0 radical (unpaired) electrons. The minimum absolute atomic E-state index is 0.0862. The molecule has 0 bridgehead atoms. The second-order valence-electron chi connectivity index (χ2n) is 1.71. The van der Waals surface area contributed by atoms with Gasteiger partial charge in [0.2, 0.25) is 5.91 Å². The lowest BCUT2D eigenvalue weighted by molar-refractivity contribution is -0.121. The highest BCUT2D eigenvalue weighted by Gasteiger charge is 1.92. The van der Waals surface area contributed by atoms with Crippen molar-refractivity contribution in [3.8, 4) is 0 Å². The molecule has 1 amide bonds. The Morgan fingerprint density at radius 3 is 2.60 bits per heavy atom. The predicted molar refractivity (Wildman–Crippen MR) is 41.2 cm³/mol. The van der Waals surface area contributed by atoms with Gasteiger partial charge in [-0.2, -0.15) is 0 Å². The quantitative estimate of drug-likeness (QED) is 0.329. The molecule has 0 aliphatic rings. The normalized spacial score (nSPS) is 8.40. The number of carbonyl (C=O) groups excluding carboxylic acids is 1. The van der Waals surface area contributed by atoms with E-state index in [-0.39, 0.29) is 5.91 Å². The first kappa shape index (κ1) is 8.91. The SMILES string of the molecule is C=CCNNC(=O)CC=C. The third kappa shape index (κ3) is 5.05. The van der Waals surface area contributed by atoms with Crippen molar-refractivity contribution in [2.24, 2.45) is 0 Å². The Kier molecular flexibility index (Phi) is 5.38. The Bertz CT molecular complexity index is 132. The maximum Gasteiger partial charge on any atom is 0.237 e. The zero-order chi connectivity index (χ0) is 7.82. The summed E-state index contributed by atoms with van der Waals surface area (Å²) in [5.74, 6) is -0.0862. The lowest BCUT2D eigenvalue weighted by Gasteiger charge is -2.01. The van der Waals surface area contributed by atoms with Gasteiger partial charge in [0.05, 0.1) is 0 Å². The fourth-order valence-corrected chi connectivity index (χ4v) is 0.404. The summed E-state index contributed by atoms with van der Waals surface area (Å²) in [6, 6.07) is 0. The fraction of sp³-hybridized carbons (Fsp3) is 0.286. The zero-order valence-electron chi connectivity index (χ0n) is 5.89. The second kappa shape index (κ2) is 6.04. The fourth-order valence-electron chi connectivity index (χ4n) is 0.404. The maximum absolute atomic E-state index is 10.6. The molecule has 0 atom stereocenters. The summed E-state index contributed by atoms with van der Waals surface area (Å²) in [6.07, 6.45) is 3.54. The Labute approximate surface area is 60.8 Å². The molecular formula is C7H12N2O. The van der Waals surface area contributed by atoms with Gasteiger partial charge in [-0.05, 0) is 0 Å². The molecule has 56 valence electrons. The summed E-state index contributed by atoms with van der Waals surface area (Å²) in [5, 5.41) is 0. The first-order chi connectivity index (χ1) is 4.81. The van der Waals surface area contributed by atoms with E-state index < -0.39 is 0 Å². The molecule has 10 heavy (non-hydrogen) atoms. The highest BCUT2D eigenvalue weighted by Crippen LogP contribution is 1.75. The summed E-state index contributed by atoms with van der Waals surface area (Å²) in [5.41, 5.74) is 5.11. The molecule has 0 spiro atoms. The average Bonchev–Trinajstić information content (AvgIpc) is 1.89. The van der Waals surface area contributed by atoms with Crippen LogP contribution >= 0.6 is 0 Å². The van der Waals surface area contributed by atoms with Gasteiger partial charge in [-0.15, -0.1) is 13.2 Å². The van der Waals surface area contributed by atoms with E-state index in [9.17, 15) is 4.79 Å². The van der Waals surface area contributed by atoms with Crippen LogP contribution in [0, 0.1) is 0 Å². The highest BCUT2D eigenvalue weighted by atomic mass is 16.2. The summed E-state index contributed by atoms with van der Waals surface area (Å²) in [6.45, 7) is 7.46. The average molecular weight is 140 g/mol. The van der Waals surface area contributed by atoms with Gasteiger partial charge in [0.1, 0.15) is 0 Å². The van der Waals surface area contributed by atoms with Crippen molar-refractivity contribution in [2.45, 2.75) is 6.42 Å². The molecule has 0 aliphatic carbocycles. The molecule has 0 rings (SSSR count). The van der Waals surface area contributed by atoms with Gasteiger partial charge in [-0.3, -0.25) is 10.2 Å². The van der Waals surface area contributed by atoms with Crippen molar-refractivity contribution in [3.05, 3.63) is 25.3 Å². The Balaban J connectivity index is 3.20. The van der Waals surface area contributed by atoms with Gasteiger partial charge in [-0.1, -0.05) is 12.2 Å². The third-order valence-corrected chi connectivity index (χ3v) is 0.804. The summed E-state index contributed by atoms with van der Waals surface area (Å²) in [7, 11) is 0. The molecule has 0 aliphatic heterocycles. The molecule has 0 aromatic carbocycles. The van der Waals surface area contributed by atoms with Crippen molar-refractivity contribution in [2.75, 3.05) is 6.54 Å². The molecule has 0 unspecified atom stereocenters. The van der Waals surface area contributed by atoms with Crippen LogP contribution in [0.4, 0.5) is 0 Å². The van der Waals surface area contributed by atoms with Crippen molar-refractivity contribution in [3.63, 3.8) is 0 Å². The zero-order valence-corrected chi connectivity index (χ0v) is 5.89. The van der Waals surface area contributed by atoms with Gasteiger partial charge in [0, 0.05) is 13.0 Å². The van der Waals surface area contributed by atoms with Crippen LogP contribution in [0.1, 0.15) is 6.42 Å². The van der Waals surface area contributed by atoms with Gasteiger partial charge in [-0.25, -0.2) is 5.43 Å². The molecule has 0 saturated carbocycles. The molecule has 3 nitrogen and oxygen atoms in total. The van der Waals surface area contributed by atoms with Crippen LogP contribution < -0.4 is 10.9 Å². The Hall–Kier alpha value is -1.09. The van der Waals surface area contributed by atoms with Crippen molar-refractivity contribution < 1.29 is 4.79 Å². The molecule has 0 aromatic rings. The number of carbonyl (C=O) groups is 1. The number of nitrogens with one attached hydrogen (secondary N) is 2. The Morgan fingerprint density at radius 1 is 1.40 bits per heavy atom. The van der Waals surface area contributed by atoms with Crippen LogP contribution in [0.15, 0.2) is 25.3 Å². The second-order valence-corrected chi connectivity index (χ2v) is 1.71. The van der Waals surface area contributed by atoms with E-state index in [2.05, 4.69) is 24.0 Å². The van der Waals surface area contributed by atoms with Gasteiger partial charge < -0.3 is 0 Å². The number of amides is 1.